The number of H-pyrrole nitrogens is 1. The Labute approximate surface area is 125 Å². The van der Waals surface area contributed by atoms with Gasteiger partial charge in [-0.3, -0.25) is 0 Å². The molecule has 5 heteroatoms. The summed E-state index contributed by atoms with van der Waals surface area (Å²) in [6, 6.07) is 14.5. The fourth-order valence-corrected chi connectivity index (χ4v) is 3.03. The maximum atomic E-state index is 4.33. The summed E-state index contributed by atoms with van der Waals surface area (Å²) in [6.45, 7) is 0. The van der Waals surface area contributed by atoms with Gasteiger partial charge in [-0.1, -0.05) is 18.2 Å². The molecule has 0 aliphatic rings. The molecule has 0 saturated heterocycles. The van der Waals surface area contributed by atoms with E-state index >= 15 is 0 Å². The van der Waals surface area contributed by atoms with Gasteiger partial charge in [0.1, 0.15) is 17.8 Å². The molecule has 3 aromatic heterocycles. The number of aromatic amines is 1. The minimum absolute atomic E-state index is 0.810. The molecular formula is C16H12N4S. The summed E-state index contributed by atoms with van der Waals surface area (Å²) in [7, 11) is 0. The molecule has 0 unspecified atom stereocenters. The molecule has 102 valence electrons. The molecule has 0 spiro atoms. The van der Waals surface area contributed by atoms with Crippen molar-refractivity contribution in [3.05, 3.63) is 60.4 Å². The molecule has 21 heavy (non-hydrogen) atoms. The van der Waals surface area contributed by atoms with Gasteiger partial charge in [-0.2, -0.15) is 0 Å². The van der Waals surface area contributed by atoms with Gasteiger partial charge in [-0.15, -0.1) is 11.3 Å². The Balaban J connectivity index is 1.71. The van der Waals surface area contributed by atoms with E-state index in [0.29, 0.717) is 0 Å². The van der Waals surface area contributed by atoms with Crippen LogP contribution >= 0.6 is 11.3 Å². The van der Waals surface area contributed by atoms with Crippen molar-refractivity contribution in [1.82, 2.24) is 15.0 Å². The molecule has 4 aromatic rings. The summed E-state index contributed by atoms with van der Waals surface area (Å²) in [6.07, 6.45) is 3.43. The standard InChI is InChI=1S/C16H12N4S/c1-3-11(14-5-2-8-21-14)9-12(4-1)20-16-13-6-7-17-15(13)18-10-19-16/h1-10H,(H2,17,18,19,20). The summed E-state index contributed by atoms with van der Waals surface area (Å²) in [5.74, 6) is 0.810. The highest BCUT2D eigenvalue weighted by molar-refractivity contribution is 7.13. The number of fused-ring (bicyclic) bond motifs is 1. The van der Waals surface area contributed by atoms with Crippen LogP contribution in [-0.2, 0) is 0 Å². The molecule has 4 rings (SSSR count). The maximum Gasteiger partial charge on any atom is 0.143 e. The lowest BCUT2D eigenvalue weighted by Crippen LogP contribution is -1.95. The van der Waals surface area contributed by atoms with Gasteiger partial charge >= 0.3 is 0 Å². The third-order valence-electron chi connectivity index (χ3n) is 3.28. The van der Waals surface area contributed by atoms with E-state index in [1.807, 2.05) is 24.4 Å². The molecule has 1 aromatic carbocycles. The molecule has 0 bridgehead atoms. The second kappa shape index (κ2) is 5.03. The van der Waals surface area contributed by atoms with Crippen LogP contribution in [-0.4, -0.2) is 15.0 Å². The number of hydrogen-bond donors (Lipinski definition) is 2. The van der Waals surface area contributed by atoms with E-state index in [0.717, 1.165) is 22.5 Å². The van der Waals surface area contributed by atoms with Crippen molar-refractivity contribution in [2.45, 2.75) is 0 Å². The minimum atomic E-state index is 0.810. The molecule has 2 N–H and O–H groups in total. The second-order valence-electron chi connectivity index (χ2n) is 4.65. The van der Waals surface area contributed by atoms with Gasteiger partial charge in [0.05, 0.1) is 5.39 Å². The zero-order valence-electron chi connectivity index (χ0n) is 11.1. The van der Waals surface area contributed by atoms with Gasteiger partial charge in [0.15, 0.2) is 0 Å². The van der Waals surface area contributed by atoms with E-state index in [2.05, 4.69) is 49.9 Å². The Morgan fingerprint density at radius 1 is 1.05 bits per heavy atom. The first-order valence-electron chi connectivity index (χ1n) is 6.59. The Bertz CT molecular complexity index is 880. The summed E-state index contributed by atoms with van der Waals surface area (Å²) in [5.41, 5.74) is 3.05. The number of rotatable bonds is 3. The lowest BCUT2D eigenvalue weighted by atomic mass is 10.1. The highest BCUT2D eigenvalue weighted by Gasteiger charge is 2.05. The minimum Gasteiger partial charge on any atom is -0.346 e. The molecule has 0 radical (unpaired) electrons. The zero-order chi connectivity index (χ0) is 14.1. The van der Waals surface area contributed by atoms with Crippen molar-refractivity contribution < 1.29 is 0 Å². The summed E-state index contributed by atoms with van der Waals surface area (Å²) >= 11 is 1.74. The number of benzene rings is 1. The lowest BCUT2D eigenvalue weighted by molar-refractivity contribution is 1.20. The summed E-state index contributed by atoms with van der Waals surface area (Å²) < 4.78 is 0. The number of nitrogens with one attached hydrogen (secondary N) is 2. The van der Waals surface area contributed by atoms with E-state index in [9.17, 15) is 0 Å². The second-order valence-corrected chi connectivity index (χ2v) is 5.59. The summed E-state index contributed by atoms with van der Waals surface area (Å²) in [5, 5.41) is 6.44. The Morgan fingerprint density at radius 3 is 2.95 bits per heavy atom. The van der Waals surface area contributed by atoms with E-state index in [-0.39, 0.29) is 0 Å². The van der Waals surface area contributed by atoms with Crippen LogP contribution in [0.4, 0.5) is 11.5 Å². The smallest absolute Gasteiger partial charge is 0.143 e. The van der Waals surface area contributed by atoms with Crippen LogP contribution in [0, 0.1) is 0 Å². The molecule has 3 heterocycles. The van der Waals surface area contributed by atoms with Crippen molar-refractivity contribution in [1.29, 1.82) is 0 Å². The van der Waals surface area contributed by atoms with Crippen molar-refractivity contribution in [2.24, 2.45) is 0 Å². The molecule has 0 fully saturated rings. The quantitative estimate of drug-likeness (QED) is 0.587. The predicted molar refractivity (Wildman–Crippen MR) is 86.9 cm³/mol. The van der Waals surface area contributed by atoms with E-state index in [1.54, 1.807) is 17.7 Å². The monoisotopic (exact) mass is 292 g/mol. The SMILES string of the molecule is c1cc(Nc2ncnc3[nH]ccc23)cc(-c2cccs2)c1. The largest absolute Gasteiger partial charge is 0.346 e. The third-order valence-corrected chi connectivity index (χ3v) is 4.20. The number of nitrogens with zero attached hydrogens (tertiary/aromatic N) is 2. The van der Waals surface area contributed by atoms with Crippen LogP contribution in [0.2, 0.25) is 0 Å². The van der Waals surface area contributed by atoms with E-state index in [1.165, 1.54) is 10.4 Å². The Kier molecular flexibility index (Phi) is 2.90. The predicted octanol–water partition coefficient (Wildman–Crippen LogP) is 4.43. The van der Waals surface area contributed by atoms with E-state index < -0.39 is 0 Å². The average molecular weight is 292 g/mol. The fourth-order valence-electron chi connectivity index (χ4n) is 2.30. The molecular weight excluding hydrogens is 280 g/mol. The number of hydrogen-bond acceptors (Lipinski definition) is 4. The first-order valence-corrected chi connectivity index (χ1v) is 7.47. The molecule has 0 atom stereocenters. The number of aromatic nitrogens is 3. The van der Waals surface area contributed by atoms with Gasteiger partial charge < -0.3 is 10.3 Å². The van der Waals surface area contributed by atoms with Crippen LogP contribution in [0.5, 0.6) is 0 Å². The van der Waals surface area contributed by atoms with Crippen molar-refractivity contribution in [3.8, 4) is 10.4 Å². The van der Waals surface area contributed by atoms with Crippen LogP contribution in [0.1, 0.15) is 0 Å². The van der Waals surface area contributed by atoms with Gasteiger partial charge in [0.2, 0.25) is 0 Å². The maximum absolute atomic E-state index is 4.33. The molecule has 0 amide bonds. The highest BCUT2D eigenvalue weighted by Crippen LogP contribution is 2.28. The fraction of sp³-hybridized carbons (Fsp3) is 0. The van der Waals surface area contributed by atoms with Crippen LogP contribution in [0.3, 0.4) is 0 Å². The number of thiophene rings is 1. The topological polar surface area (TPSA) is 53.6 Å². The van der Waals surface area contributed by atoms with Gasteiger partial charge in [0, 0.05) is 16.8 Å². The highest BCUT2D eigenvalue weighted by atomic mass is 32.1. The van der Waals surface area contributed by atoms with Gasteiger partial charge in [-0.05, 0) is 35.2 Å². The molecule has 4 nitrogen and oxygen atoms in total. The number of anilines is 2. The van der Waals surface area contributed by atoms with Crippen LogP contribution < -0.4 is 5.32 Å². The van der Waals surface area contributed by atoms with Gasteiger partial charge in [-0.25, -0.2) is 9.97 Å². The van der Waals surface area contributed by atoms with Crippen LogP contribution in [0.25, 0.3) is 21.5 Å². The first kappa shape index (κ1) is 12.1. The van der Waals surface area contributed by atoms with E-state index in [4.69, 9.17) is 0 Å². The molecule has 0 aliphatic carbocycles. The first-order chi connectivity index (χ1) is 10.4. The van der Waals surface area contributed by atoms with Crippen molar-refractivity contribution in [2.75, 3.05) is 5.32 Å². The zero-order valence-corrected chi connectivity index (χ0v) is 11.9. The normalized spacial score (nSPS) is 10.9. The summed E-state index contributed by atoms with van der Waals surface area (Å²) in [4.78, 5) is 12.9. The molecule has 0 saturated carbocycles. The Hall–Kier alpha value is -2.66. The van der Waals surface area contributed by atoms with Gasteiger partial charge in [0.25, 0.3) is 0 Å². The average Bonchev–Trinajstić information content (AvgIpc) is 3.20. The molecule has 0 aliphatic heterocycles. The third kappa shape index (κ3) is 2.28. The Morgan fingerprint density at radius 2 is 2.05 bits per heavy atom. The van der Waals surface area contributed by atoms with Crippen molar-refractivity contribution in [3.63, 3.8) is 0 Å². The van der Waals surface area contributed by atoms with Crippen LogP contribution in [0.15, 0.2) is 60.4 Å². The van der Waals surface area contributed by atoms with Crippen molar-refractivity contribution >= 4 is 33.9 Å². The lowest BCUT2D eigenvalue weighted by Gasteiger charge is -2.07.